The van der Waals surface area contributed by atoms with E-state index in [0.29, 0.717) is 29.0 Å². The molecule has 3 aromatic rings. The van der Waals surface area contributed by atoms with Crippen LogP contribution in [-0.2, 0) is 6.42 Å². The van der Waals surface area contributed by atoms with Gasteiger partial charge in [0.05, 0.1) is 0 Å². The van der Waals surface area contributed by atoms with Gasteiger partial charge in [-0.25, -0.2) is 13.2 Å². The van der Waals surface area contributed by atoms with Gasteiger partial charge in [-0.2, -0.15) is 0 Å². The lowest BCUT2D eigenvalue weighted by atomic mass is 9.68. The van der Waals surface area contributed by atoms with Crippen molar-refractivity contribution in [1.29, 1.82) is 0 Å². The van der Waals surface area contributed by atoms with Gasteiger partial charge in [-0.1, -0.05) is 81.6 Å². The molecular weight excluding hydrogens is 477 g/mol. The molecule has 0 nitrogen and oxygen atoms in total. The molecule has 2 saturated carbocycles. The van der Waals surface area contributed by atoms with E-state index in [4.69, 9.17) is 0 Å². The molecule has 0 radical (unpaired) electrons. The summed E-state index contributed by atoms with van der Waals surface area (Å²) in [7, 11) is 0. The molecule has 38 heavy (non-hydrogen) atoms. The van der Waals surface area contributed by atoms with Gasteiger partial charge in [0, 0.05) is 11.1 Å². The molecule has 0 atom stereocenters. The van der Waals surface area contributed by atoms with Gasteiger partial charge in [0.2, 0.25) is 0 Å². The summed E-state index contributed by atoms with van der Waals surface area (Å²) in [5.74, 6) is 1.31. The SMILES string of the molecule is CCCCc1ccc(-c2ccc(-c3ccc(C4CCC(C5CCC(C)CC5)CC4)cc3F)cc2)c(F)c1F. The maximum atomic E-state index is 15.3. The summed E-state index contributed by atoms with van der Waals surface area (Å²) < 4.78 is 44.6. The summed E-state index contributed by atoms with van der Waals surface area (Å²) in [5, 5.41) is 0. The third kappa shape index (κ3) is 5.87. The maximum absolute atomic E-state index is 15.3. The summed E-state index contributed by atoms with van der Waals surface area (Å²) in [6, 6.07) is 16.1. The summed E-state index contributed by atoms with van der Waals surface area (Å²) in [6.07, 6.45) is 12.7. The second-order valence-electron chi connectivity index (χ2n) is 12.0. The smallest absolute Gasteiger partial charge is 0.166 e. The van der Waals surface area contributed by atoms with E-state index in [2.05, 4.69) is 13.0 Å². The van der Waals surface area contributed by atoms with Crippen molar-refractivity contribution < 1.29 is 13.2 Å². The topological polar surface area (TPSA) is 0 Å². The zero-order chi connectivity index (χ0) is 26.6. The van der Waals surface area contributed by atoms with Crippen molar-refractivity contribution >= 4 is 0 Å². The Hall–Kier alpha value is -2.55. The highest BCUT2D eigenvalue weighted by molar-refractivity contribution is 5.71. The lowest BCUT2D eigenvalue weighted by molar-refractivity contribution is 0.165. The van der Waals surface area contributed by atoms with Crippen molar-refractivity contribution in [2.75, 3.05) is 0 Å². The third-order valence-electron chi connectivity index (χ3n) is 9.43. The van der Waals surface area contributed by atoms with E-state index in [1.165, 1.54) is 38.5 Å². The fourth-order valence-electron chi connectivity index (χ4n) is 6.90. The summed E-state index contributed by atoms with van der Waals surface area (Å²) in [5.41, 5.74) is 3.65. The monoisotopic (exact) mass is 518 g/mol. The average molecular weight is 519 g/mol. The van der Waals surface area contributed by atoms with Gasteiger partial charge in [-0.15, -0.1) is 0 Å². The van der Waals surface area contributed by atoms with Gasteiger partial charge in [-0.3, -0.25) is 0 Å². The molecule has 0 aromatic heterocycles. The van der Waals surface area contributed by atoms with Crippen LogP contribution >= 0.6 is 0 Å². The number of halogens is 3. The van der Waals surface area contributed by atoms with E-state index in [9.17, 15) is 8.78 Å². The van der Waals surface area contributed by atoms with E-state index >= 15 is 4.39 Å². The second kappa shape index (κ2) is 12.1. The molecule has 0 N–H and O–H groups in total. The molecule has 202 valence electrons. The molecule has 0 amide bonds. The molecule has 3 heteroatoms. The van der Waals surface area contributed by atoms with Crippen molar-refractivity contribution in [2.45, 2.75) is 90.4 Å². The Bertz CT molecular complexity index is 1210. The van der Waals surface area contributed by atoms with E-state index in [1.807, 2.05) is 13.0 Å². The molecule has 2 fully saturated rings. The van der Waals surface area contributed by atoms with E-state index in [1.54, 1.807) is 42.5 Å². The first-order chi connectivity index (χ1) is 18.4. The molecule has 0 spiro atoms. The second-order valence-corrected chi connectivity index (χ2v) is 12.0. The fourth-order valence-corrected chi connectivity index (χ4v) is 6.90. The number of rotatable bonds is 7. The van der Waals surface area contributed by atoms with Crippen molar-refractivity contribution in [1.82, 2.24) is 0 Å². The van der Waals surface area contributed by atoms with Crippen LogP contribution in [-0.4, -0.2) is 0 Å². The Labute approximate surface area is 226 Å². The highest BCUT2D eigenvalue weighted by Gasteiger charge is 2.30. The maximum Gasteiger partial charge on any atom is 0.166 e. The number of hydrogen-bond donors (Lipinski definition) is 0. The highest BCUT2D eigenvalue weighted by atomic mass is 19.2. The lowest BCUT2D eigenvalue weighted by Crippen LogP contribution is -2.24. The fraction of sp³-hybridized carbons (Fsp3) is 0.486. The minimum atomic E-state index is -0.811. The minimum Gasteiger partial charge on any atom is -0.206 e. The molecule has 0 unspecified atom stereocenters. The number of hydrogen-bond acceptors (Lipinski definition) is 0. The highest BCUT2D eigenvalue weighted by Crippen LogP contribution is 2.44. The van der Waals surface area contributed by atoms with Crippen molar-refractivity contribution in [3.8, 4) is 22.3 Å². The van der Waals surface area contributed by atoms with Gasteiger partial charge in [0.1, 0.15) is 5.82 Å². The van der Waals surface area contributed by atoms with Gasteiger partial charge in [0.15, 0.2) is 11.6 Å². The Morgan fingerprint density at radius 1 is 0.658 bits per heavy atom. The summed E-state index contributed by atoms with van der Waals surface area (Å²) in [4.78, 5) is 0. The van der Waals surface area contributed by atoms with Crippen molar-refractivity contribution in [3.63, 3.8) is 0 Å². The van der Waals surface area contributed by atoms with Crippen LogP contribution in [0.2, 0.25) is 0 Å². The molecular formula is C35H41F3. The first-order valence-electron chi connectivity index (χ1n) is 14.8. The average Bonchev–Trinajstić information content (AvgIpc) is 2.94. The predicted molar refractivity (Wildman–Crippen MR) is 152 cm³/mol. The molecule has 2 aliphatic carbocycles. The standard InChI is InChI=1S/C35H41F3/c1-3-4-5-29-18-21-32(35(38)34(29)37)28-16-14-27(15-17-28)31-20-19-30(22-33(31)36)26-12-10-25(11-13-26)24-8-6-23(2)7-9-24/h14-26H,3-13H2,1-2H3. The van der Waals surface area contributed by atoms with Gasteiger partial charge >= 0.3 is 0 Å². The summed E-state index contributed by atoms with van der Waals surface area (Å²) in [6.45, 7) is 4.41. The van der Waals surface area contributed by atoms with Crippen LogP contribution in [0.4, 0.5) is 13.2 Å². The van der Waals surface area contributed by atoms with Crippen LogP contribution in [0.15, 0.2) is 54.6 Å². The molecule has 2 aliphatic rings. The Morgan fingerprint density at radius 3 is 1.84 bits per heavy atom. The van der Waals surface area contributed by atoms with Gasteiger partial charge in [-0.05, 0) is 103 Å². The first kappa shape index (κ1) is 27.0. The van der Waals surface area contributed by atoms with Gasteiger partial charge < -0.3 is 0 Å². The number of unbranched alkanes of at least 4 members (excludes halogenated alkanes) is 1. The first-order valence-corrected chi connectivity index (χ1v) is 14.8. The Balaban J connectivity index is 1.25. The van der Waals surface area contributed by atoms with Crippen LogP contribution in [0.25, 0.3) is 22.3 Å². The Kier molecular flexibility index (Phi) is 8.61. The number of benzene rings is 3. The van der Waals surface area contributed by atoms with Crippen LogP contribution in [0.5, 0.6) is 0 Å². The summed E-state index contributed by atoms with van der Waals surface area (Å²) >= 11 is 0. The van der Waals surface area contributed by atoms with Crippen LogP contribution in [0.3, 0.4) is 0 Å². The molecule has 0 heterocycles. The molecule has 0 bridgehead atoms. The van der Waals surface area contributed by atoms with E-state index in [0.717, 1.165) is 54.6 Å². The number of aryl methyl sites for hydroxylation is 1. The third-order valence-corrected chi connectivity index (χ3v) is 9.43. The van der Waals surface area contributed by atoms with Crippen LogP contribution in [0, 0.1) is 35.2 Å². The molecule has 0 aliphatic heterocycles. The van der Waals surface area contributed by atoms with E-state index in [-0.39, 0.29) is 11.4 Å². The van der Waals surface area contributed by atoms with Crippen molar-refractivity contribution in [2.24, 2.45) is 17.8 Å². The molecule has 5 rings (SSSR count). The van der Waals surface area contributed by atoms with Crippen LogP contribution < -0.4 is 0 Å². The Morgan fingerprint density at radius 2 is 1.24 bits per heavy atom. The quantitative estimate of drug-likeness (QED) is 0.292. The minimum absolute atomic E-state index is 0.212. The van der Waals surface area contributed by atoms with Gasteiger partial charge in [0.25, 0.3) is 0 Å². The van der Waals surface area contributed by atoms with Crippen LogP contribution in [0.1, 0.15) is 95.1 Å². The normalized spacial score (nSPS) is 23.9. The van der Waals surface area contributed by atoms with E-state index < -0.39 is 11.6 Å². The zero-order valence-electron chi connectivity index (χ0n) is 22.9. The molecule has 3 aromatic carbocycles. The molecule has 0 saturated heterocycles. The zero-order valence-corrected chi connectivity index (χ0v) is 22.9. The van der Waals surface area contributed by atoms with Crippen molar-refractivity contribution in [3.05, 3.63) is 83.2 Å². The largest absolute Gasteiger partial charge is 0.206 e. The predicted octanol–water partition coefficient (Wildman–Crippen LogP) is 10.9. The lowest BCUT2D eigenvalue weighted by Gasteiger charge is -2.37.